The normalized spacial score (nSPS) is 10.0. The van der Waals surface area contributed by atoms with E-state index in [1.807, 2.05) is 0 Å². The van der Waals surface area contributed by atoms with Crippen molar-refractivity contribution in [2.75, 3.05) is 5.88 Å². The van der Waals surface area contributed by atoms with Gasteiger partial charge in [-0.15, -0.1) is 11.6 Å². The number of halogens is 1. The quantitative estimate of drug-likeness (QED) is 0.444. The average molecular weight is 144 g/mol. The zero-order chi connectivity index (χ0) is 5.70. The lowest BCUT2D eigenvalue weighted by Crippen LogP contribution is -1.83. The molecule has 0 amide bonds. The second kappa shape index (κ2) is 4.36. The maximum Gasteiger partial charge on any atom is 0.257 e. The van der Waals surface area contributed by atoms with Crippen molar-refractivity contribution in [2.45, 2.75) is 0 Å². The molecule has 7 heavy (non-hydrogen) atoms. The molecule has 1 radical (unpaired) electrons. The van der Waals surface area contributed by atoms with Gasteiger partial charge in [-0.2, -0.15) is 0 Å². The van der Waals surface area contributed by atoms with Crippen LogP contribution in [0.3, 0.4) is 0 Å². The minimum Gasteiger partial charge on any atom is -0.265 e. The molecule has 0 saturated heterocycles. The van der Waals surface area contributed by atoms with Crippen LogP contribution in [0.15, 0.2) is 0 Å². The number of rotatable bonds is 3. The van der Waals surface area contributed by atoms with E-state index in [2.05, 4.69) is 4.18 Å². The SMILES string of the molecule is O=[SH](=O)O[CH]CCl. The molecule has 0 aliphatic heterocycles. The summed E-state index contributed by atoms with van der Waals surface area (Å²) in [6, 6.07) is 0. The van der Waals surface area contributed by atoms with Crippen LogP contribution in [0.25, 0.3) is 0 Å². The monoisotopic (exact) mass is 143 g/mol. The molecule has 0 heterocycles. The van der Waals surface area contributed by atoms with Crippen molar-refractivity contribution in [1.29, 1.82) is 0 Å². The highest BCUT2D eigenvalue weighted by Crippen LogP contribution is 1.83. The Morgan fingerprint density at radius 1 is 1.71 bits per heavy atom. The third-order valence-corrected chi connectivity index (χ3v) is 0.671. The number of hydrogen-bond donors (Lipinski definition) is 1. The van der Waals surface area contributed by atoms with Gasteiger partial charge in [-0.1, -0.05) is 0 Å². The predicted octanol–water partition coefficient (Wildman–Crippen LogP) is -0.0700. The molecule has 3 nitrogen and oxygen atoms in total. The second-order valence-electron chi connectivity index (χ2n) is 0.650. The van der Waals surface area contributed by atoms with Crippen LogP contribution < -0.4 is 0 Å². The van der Waals surface area contributed by atoms with Crippen LogP contribution in [0, 0.1) is 6.61 Å². The molecule has 0 bridgehead atoms. The summed E-state index contributed by atoms with van der Waals surface area (Å²) in [5, 5.41) is 0. The first-order valence-corrected chi connectivity index (χ1v) is 3.09. The Morgan fingerprint density at radius 2 is 2.29 bits per heavy atom. The summed E-state index contributed by atoms with van der Waals surface area (Å²) in [7, 11) is -2.75. The van der Waals surface area contributed by atoms with E-state index >= 15 is 0 Å². The summed E-state index contributed by atoms with van der Waals surface area (Å²) in [6.07, 6.45) is 0. The van der Waals surface area contributed by atoms with Gasteiger partial charge in [0, 0.05) is 0 Å². The predicted molar refractivity (Wildman–Crippen MR) is 26.4 cm³/mol. The van der Waals surface area contributed by atoms with Gasteiger partial charge in [0.25, 0.3) is 11.0 Å². The summed E-state index contributed by atoms with van der Waals surface area (Å²) in [6.45, 7) is 0.993. The first-order valence-electron chi connectivity index (χ1n) is 1.46. The van der Waals surface area contributed by atoms with Gasteiger partial charge in [-0.25, -0.2) is 8.42 Å². The van der Waals surface area contributed by atoms with E-state index in [0.29, 0.717) is 0 Å². The molecule has 0 N–H and O–H groups in total. The fourth-order valence-corrected chi connectivity index (χ4v) is 0.436. The van der Waals surface area contributed by atoms with Gasteiger partial charge in [0.05, 0.1) is 5.88 Å². The highest BCUT2D eigenvalue weighted by atomic mass is 35.5. The molecule has 0 spiro atoms. The molecule has 0 aromatic heterocycles. The summed E-state index contributed by atoms with van der Waals surface area (Å²) in [5.41, 5.74) is 0. The van der Waals surface area contributed by atoms with E-state index in [4.69, 9.17) is 11.6 Å². The third kappa shape index (κ3) is 6.20. The van der Waals surface area contributed by atoms with Gasteiger partial charge in [0.1, 0.15) is 6.61 Å². The van der Waals surface area contributed by atoms with E-state index in [1.165, 1.54) is 0 Å². The summed E-state index contributed by atoms with van der Waals surface area (Å²) < 4.78 is 22.9. The lowest BCUT2D eigenvalue weighted by molar-refractivity contribution is 0.421. The number of alkyl halides is 1. The van der Waals surface area contributed by atoms with Crippen LogP contribution in [0.4, 0.5) is 0 Å². The van der Waals surface area contributed by atoms with Crippen molar-refractivity contribution in [3.05, 3.63) is 6.61 Å². The Labute approximate surface area is 48.4 Å². The van der Waals surface area contributed by atoms with Crippen LogP contribution >= 0.6 is 11.6 Å². The van der Waals surface area contributed by atoms with E-state index in [9.17, 15) is 8.42 Å². The fraction of sp³-hybridized carbons (Fsp3) is 0.500. The Balaban J connectivity index is 2.98. The zero-order valence-corrected chi connectivity index (χ0v) is 4.98. The van der Waals surface area contributed by atoms with Crippen LogP contribution in [0.2, 0.25) is 0 Å². The van der Waals surface area contributed by atoms with Crippen molar-refractivity contribution < 1.29 is 12.6 Å². The first kappa shape index (κ1) is 7.20. The van der Waals surface area contributed by atoms with Crippen LogP contribution in [-0.2, 0) is 15.2 Å². The topological polar surface area (TPSA) is 43.4 Å². The molecule has 0 aromatic rings. The average Bonchev–Trinajstić information content (AvgIpc) is 1.61. The van der Waals surface area contributed by atoms with Gasteiger partial charge < -0.3 is 0 Å². The lowest BCUT2D eigenvalue weighted by Gasteiger charge is -1.82. The minimum atomic E-state index is -2.75. The Kier molecular flexibility index (Phi) is 4.49. The molecule has 0 atom stereocenters. The molecule has 5 heteroatoms. The summed E-state index contributed by atoms with van der Waals surface area (Å²) in [5.74, 6) is 0.0866. The minimum absolute atomic E-state index is 0.0866. The standard InChI is InChI=1S/C2H4ClO3S/c3-1-2-6-7(4)5/h2,7H,1H2. The van der Waals surface area contributed by atoms with Crippen LogP contribution in [0.1, 0.15) is 0 Å². The van der Waals surface area contributed by atoms with Crippen molar-refractivity contribution >= 4 is 22.6 Å². The maximum atomic E-state index is 9.48. The Bertz CT molecular complexity index is 91.1. The summed E-state index contributed by atoms with van der Waals surface area (Å²) >= 11 is 5.00. The van der Waals surface area contributed by atoms with Gasteiger partial charge in [-0.05, 0) is 0 Å². The maximum absolute atomic E-state index is 9.48. The Morgan fingerprint density at radius 3 is 2.43 bits per heavy atom. The molecule has 43 valence electrons. The van der Waals surface area contributed by atoms with E-state index in [1.54, 1.807) is 0 Å². The highest BCUT2D eigenvalue weighted by Gasteiger charge is 1.81. The van der Waals surface area contributed by atoms with Crippen molar-refractivity contribution in [2.24, 2.45) is 0 Å². The van der Waals surface area contributed by atoms with Crippen LogP contribution in [0.5, 0.6) is 0 Å². The van der Waals surface area contributed by atoms with Gasteiger partial charge in [-0.3, -0.25) is 4.18 Å². The first-order chi connectivity index (χ1) is 3.27. The van der Waals surface area contributed by atoms with Crippen molar-refractivity contribution in [3.63, 3.8) is 0 Å². The van der Waals surface area contributed by atoms with Gasteiger partial charge in [0.15, 0.2) is 0 Å². The molecule has 0 aromatic carbocycles. The van der Waals surface area contributed by atoms with Gasteiger partial charge in [0.2, 0.25) is 0 Å². The molecule has 0 rings (SSSR count). The molecule has 0 saturated carbocycles. The molecular weight excluding hydrogens is 140 g/mol. The fourth-order valence-electron chi connectivity index (χ4n) is 0.0890. The largest absolute Gasteiger partial charge is 0.265 e. The van der Waals surface area contributed by atoms with Gasteiger partial charge >= 0.3 is 0 Å². The van der Waals surface area contributed by atoms with E-state index in [0.717, 1.165) is 6.61 Å². The van der Waals surface area contributed by atoms with Crippen LogP contribution in [-0.4, -0.2) is 14.3 Å². The smallest absolute Gasteiger partial charge is 0.257 e. The third-order valence-electron chi connectivity index (χ3n) is 0.224. The molecule has 0 aliphatic rings. The Hall–Kier alpha value is 0.200. The molecule has 0 aliphatic carbocycles. The van der Waals surface area contributed by atoms with E-state index in [-0.39, 0.29) is 5.88 Å². The number of thiol groups is 1. The summed E-state index contributed by atoms with van der Waals surface area (Å²) in [4.78, 5) is 0. The number of hydrogen-bond acceptors (Lipinski definition) is 3. The zero-order valence-electron chi connectivity index (χ0n) is 3.33. The highest BCUT2D eigenvalue weighted by molar-refractivity contribution is 7.67. The lowest BCUT2D eigenvalue weighted by atomic mass is 10.9. The van der Waals surface area contributed by atoms with E-state index < -0.39 is 11.0 Å². The molecule has 0 unspecified atom stereocenters. The second-order valence-corrected chi connectivity index (χ2v) is 1.62. The van der Waals surface area contributed by atoms with Crippen molar-refractivity contribution in [1.82, 2.24) is 0 Å². The molecule has 0 fully saturated rings. The molecular formula is C2H4ClO3S. The van der Waals surface area contributed by atoms with Crippen molar-refractivity contribution in [3.8, 4) is 0 Å².